The first-order chi connectivity index (χ1) is 9.21. The van der Waals surface area contributed by atoms with E-state index in [2.05, 4.69) is 12.2 Å². The predicted molar refractivity (Wildman–Crippen MR) is 77.6 cm³/mol. The van der Waals surface area contributed by atoms with E-state index in [9.17, 15) is 5.11 Å². The largest absolute Gasteiger partial charge is 0.504 e. The molecule has 1 aromatic carbocycles. The molecule has 1 aliphatic carbocycles. The Labute approximate surface area is 116 Å². The Morgan fingerprint density at radius 2 is 2.05 bits per heavy atom. The van der Waals surface area contributed by atoms with Crippen LogP contribution >= 0.6 is 0 Å². The minimum Gasteiger partial charge on any atom is -0.504 e. The number of para-hydroxylation sites is 1. The van der Waals surface area contributed by atoms with E-state index in [0.717, 1.165) is 12.1 Å². The molecule has 1 aromatic rings. The van der Waals surface area contributed by atoms with Crippen LogP contribution in [0.1, 0.15) is 44.6 Å². The molecule has 0 amide bonds. The number of hydrogen-bond acceptors (Lipinski definition) is 3. The predicted octanol–water partition coefficient (Wildman–Crippen LogP) is 3.46. The van der Waals surface area contributed by atoms with Crippen LogP contribution in [0.25, 0.3) is 0 Å². The lowest BCUT2D eigenvalue weighted by Gasteiger charge is -2.28. The Bertz CT molecular complexity index is 411. The molecule has 1 fully saturated rings. The van der Waals surface area contributed by atoms with Crippen LogP contribution in [0.15, 0.2) is 18.2 Å². The van der Waals surface area contributed by atoms with Crippen molar-refractivity contribution in [3.63, 3.8) is 0 Å². The van der Waals surface area contributed by atoms with E-state index in [1.54, 1.807) is 13.2 Å². The molecule has 2 N–H and O–H groups in total. The maximum absolute atomic E-state index is 10.0. The highest BCUT2D eigenvalue weighted by Gasteiger charge is 2.31. The Balaban J connectivity index is 1.92. The summed E-state index contributed by atoms with van der Waals surface area (Å²) in [5.41, 5.74) is 1.39. The summed E-state index contributed by atoms with van der Waals surface area (Å²) in [4.78, 5) is 0. The third-order valence-electron chi connectivity index (χ3n) is 4.53. The molecule has 0 unspecified atom stereocenters. The van der Waals surface area contributed by atoms with Crippen molar-refractivity contribution in [2.75, 3.05) is 13.7 Å². The van der Waals surface area contributed by atoms with E-state index < -0.39 is 0 Å². The highest BCUT2D eigenvalue weighted by atomic mass is 16.5. The first-order valence-corrected chi connectivity index (χ1v) is 7.26. The lowest BCUT2D eigenvalue weighted by atomic mass is 9.83. The average Bonchev–Trinajstić information content (AvgIpc) is 2.90. The molecule has 106 valence electrons. The number of nitrogens with one attached hydrogen (secondary N) is 1. The molecule has 0 saturated heterocycles. The van der Waals surface area contributed by atoms with E-state index in [4.69, 9.17) is 4.74 Å². The molecular weight excluding hydrogens is 238 g/mol. The fourth-order valence-corrected chi connectivity index (χ4v) is 3.12. The van der Waals surface area contributed by atoms with Crippen LogP contribution in [0.4, 0.5) is 0 Å². The summed E-state index contributed by atoms with van der Waals surface area (Å²) in [6.45, 7) is 4.03. The molecule has 0 aromatic heterocycles. The summed E-state index contributed by atoms with van der Waals surface area (Å²) < 4.78 is 5.13. The summed E-state index contributed by atoms with van der Waals surface area (Å²) in [6, 6.07) is 5.64. The van der Waals surface area contributed by atoms with E-state index in [1.807, 2.05) is 12.1 Å². The molecule has 19 heavy (non-hydrogen) atoms. The molecule has 0 atom stereocenters. The maximum Gasteiger partial charge on any atom is 0.162 e. The van der Waals surface area contributed by atoms with Gasteiger partial charge < -0.3 is 15.2 Å². The molecule has 3 nitrogen and oxygen atoms in total. The van der Waals surface area contributed by atoms with Crippen LogP contribution in [0, 0.1) is 5.41 Å². The molecule has 1 saturated carbocycles. The third kappa shape index (κ3) is 3.21. The van der Waals surface area contributed by atoms with Gasteiger partial charge in [0.05, 0.1) is 7.11 Å². The zero-order valence-electron chi connectivity index (χ0n) is 12.0. The molecule has 0 aliphatic heterocycles. The van der Waals surface area contributed by atoms with Gasteiger partial charge in [-0.15, -0.1) is 0 Å². The standard InChI is InChI=1S/C16H25NO2/c1-3-16(9-4-5-10-16)12-17-11-13-7-6-8-14(19-2)15(13)18/h6-8,17-18H,3-5,9-12H2,1-2H3. The second-order valence-corrected chi connectivity index (χ2v) is 5.63. The number of hydrogen-bond donors (Lipinski definition) is 2. The van der Waals surface area contributed by atoms with Gasteiger partial charge in [-0.25, -0.2) is 0 Å². The Morgan fingerprint density at radius 3 is 2.68 bits per heavy atom. The number of ether oxygens (including phenoxy) is 1. The van der Waals surface area contributed by atoms with Gasteiger partial charge in [0.15, 0.2) is 11.5 Å². The van der Waals surface area contributed by atoms with Gasteiger partial charge in [-0.05, 0) is 30.7 Å². The maximum atomic E-state index is 10.0. The van der Waals surface area contributed by atoms with Crippen LogP contribution in [-0.2, 0) is 6.54 Å². The van der Waals surface area contributed by atoms with Crippen molar-refractivity contribution in [1.29, 1.82) is 0 Å². The van der Waals surface area contributed by atoms with Crippen LogP contribution < -0.4 is 10.1 Å². The molecule has 1 aliphatic rings. The molecule has 0 spiro atoms. The second-order valence-electron chi connectivity index (χ2n) is 5.63. The van der Waals surface area contributed by atoms with Gasteiger partial charge in [0.1, 0.15) is 0 Å². The highest BCUT2D eigenvalue weighted by Crippen LogP contribution is 2.40. The van der Waals surface area contributed by atoms with Crippen molar-refractivity contribution in [2.24, 2.45) is 5.41 Å². The number of aromatic hydroxyl groups is 1. The zero-order chi connectivity index (χ0) is 13.7. The minimum absolute atomic E-state index is 0.259. The molecule has 0 heterocycles. The lowest BCUT2D eigenvalue weighted by Crippen LogP contribution is -2.31. The van der Waals surface area contributed by atoms with Crippen LogP contribution in [0.3, 0.4) is 0 Å². The van der Waals surface area contributed by atoms with E-state index in [0.29, 0.717) is 17.7 Å². The van der Waals surface area contributed by atoms with Crippen LogP contribution in [-0.4, -0.2) is 18.8 Å². The first kappa shape index (κ1) is 14.2. The fraction of sp³-hybridized carbons (Fsp3) is 0.625. The highest BCUT2D eigenvalue weighted by molar-refractivity contribution is 5.45. The van der Waals surface area contributed by atoms with E-state index in [-0.39, 0.29) is 5.75 Å². The molecule has 0 radical (unpaired) electrons. The van der Waals surface area contributed by atoms with Gasteiger partial charge in [-0.2, -0.15) is 0 Å². The summed E-state index contributed by atoms with van der Waals surface area (Å²) in [7, 11) is 1.58. The number of phenolic OH excluding ortho intramolecular Hbond substituents is 1. The monoisotopic (exact) mass is 263 g/mol. The second kappa shape index (κ2) is 6.29. The zero-order valence-corrected chi connectivity index (χ0v) is 12.0. The topological polar surface area (TPSA) is 41.5 Å². The number of rotatable bonds is 6. The quantitative estimate of drug-likeness (QED) is 0.826. The summed E-state index contributed by atoms with van der Waals surface area (Å²) in [6.07, 6.45) is 6.63. The van der Waals surface area contributed by atoms with Crippen molar-refractivity contribution in [1.82, 2.24) is 5.32 Å². The van der Waals surface area contributed by atoms with Crippen molar-refractivity contribution in [2.45, 2.75) is 45.6 Å². The Morgan fingerprint density at radius 1 is 1.32 bits per heavy atom. The van der Waals surface area contributed by atoms with E-state index in [1.165, 1.54) is 32.1 Å². The normalized spacial score (nSPS) is 17.6. The van der Waals surface area contributed by atoms with Crippen molar-refractivity contribution in [3.05, 3.63) is 23.8 Å². The van der Waals surface area contributed by atoms with Crippen molar-refractivity contribution < 1.29 is 9.84 Å². The van der Waals surface area contributed by atoms with Gasteiger partial charge in [0.2, 0.25) is 0 Å². The van der Waals surface area contributed by atoms with Gasteiger partial charge in [-0.3, -0.25) is 0 Å². The van der Waals surface area contributed by atoms with Crippen LogP contribution in [0.5, 0.6) is 11.5 Å². The van der Waals surface area contributed by atoms with Gasteiger partial charge in [-0.1, -0.05) is 31.9 Å². The average molecular weight is 263 g/mol. The summed E-state index contributed by atoms with van der Waals surface area (Å²) in [5, 5.41) is 13.5. The van der Waals surface area contributed by atoms with Crippen LogP contribution in [0.2, 0.25) is 0 Å². The SMILES string of the molecule is CCC1(CNCc2cccc(OC)c2O)CCCC1. The van der Waals surface area contributed by atoms with Crippen molar-refractivity contribution in [3.8, 4) is 11.5 Å². The van der Waals surface area contributed by atoms with Gasteiger partial charge >= 0.3 is 0 Å². The smallest absolute Gasteiger partial charge is 0.162 e. The van der Waals surface area contributed by atoms with E-state index >= 15 is 0 Å². The first-order valence-electron chi connectivity index (χ1n) is 7.26. The molecular formula is C16H25NO2. The Hall–Kier alpha value is -1.22. The van der Waals surface area contributed by atoms with Gasteiger partial charge in [0, 0.05) is 18.7 Å². The minimum atomic E-state index is 0.259. The van der Waals surface area contributed by atoms with Gasteiger partial charge in [0.25, 0.3) is 0 Å². The Kier molecular flexibility index (Phi) is 4.70. The summed E-state index contributed by atoms with van der Waals surface area (Å²) in [5.74, 6) is 0.805. The number of phenols is 1. The summed E-state index contributed by atoms with van der Waals surface area (Å²) >= 11 is 0. The number of benzene rings is 1. The third-order valence-corrected chi connectivity index (χ3v) is 4.53. The van der Waals surface area contributed by atoms with Crippen molar-refractivity contribution >= 4 is 0 Å². The molecule has 3 heteroatoms. The lowest BCUT2D eigenvalue weighted by molar-refractivity contribution is 0.267. The molecule has 2 rings (SSSR count). The molecule has 0 bridgehead atoms. The number of methoxy groups -OCH3 is 1. The fourth-order valence-electron chi connectivity index (χ4n) is 3.12.